The van der Waals surface area contributed by atoms with E-state index in [0.29, 0.717) is 12.6 Å². The van der Waals surface area contributed by atoms with Gasteiger partial charge in [0, 0.05) is 33.5 Å². The number of nitrogens with zero attached hydrogens (tertiary/aromatic N) is 2. The Hall–Kier alpha value is -0.910. The van der Waals surface area contributed by atoms with Gasteiger partial charge in [0.2, 0.25) is 0 Å². The Morgan fingerprint density at radius 3 is 2.85 bits per heavy atom. The molecule has 0 amide bonds. The van der Waals surface area contributed by atoms with Crippen molar-refractivity contribution in [1.29, 1.82) is 0 Å². The minimum Gasteiger partial charge on any atom is -0.382 e. The molecule has 1 aromatic heterocycles. The minimum atomic E-state index is 0.0976. The van der Waals surface area contributed by atoms with Crippen LogP contribution in [0.3, 0.4) is 0 Å². The van der Waals surface area contributed by atoms with Gasteiger partial charge in [-0.25, -0.2) is 0 Å². The predicted octanol–water partition coefficient (Wildman–Crippen LogP) is 2.14. The minimum absolute atomic E-state index is 0.0976. The van der Waals surface area contributed by atoms with E-state index < -0.39 is 0 Å². The quantitative estimate of drug-likeness (QED) is 0.793. The lowest BCUT2D eigenvalue weighted by molar-refractivity contribution is 0.0287. The summed E-state index contributed by atoms with van der Waals surface area (Å²) < 4.78 is 12.6. The first-order chi connectivity index (χ1) is 9.83. The van der Waals surface area contributed by atoms with E-state index in [4.69, 9.17) is 9.47 Å². The zero-order valence-electron chi connectivity index (χ0n) is 12.7. The second-order valence-electron chi connectivity index (χ2n) is 5.52. The van der Waals surface area contributed by atoms with Crippen LogP contribution in [0.4, 0.5) is 0 Å². The summed E-state index contributed by atoms with van der Waals surface area (Å²) in [4.78, 5) is 0. The summed E-state index contributed by atoms with van der Waals surface area (Å²) in [5.74, 6) is 0. The molecule has 20 heavy (non-hydrogen) atoms. The predicted molar refractivity (Wildman–Crippen MR) is 78.7 cm³/mol. The molecule has 0 spiro atoms. The second-order valence-corrected chi connectivity index (χ2v) is 5.52. The fourth-order valence-corrected chi connectivity index (χ4v) is 2.78. The third kappa shape index (κ3) is 4.58. The van der Waals surface area contributed by atoms with E-state index in [-0.39, 0.29) is 6.10 Å². The highest BCUT2D eigenvalue weighted by Crippen LogP contribution is 2.27. The molecule has 5 nitrogen and oxygen atoms in total. The third-order valence-electron chi connectivity index (χ3n) is 3.98. The zero-order valence-corrected chi connectivity index (χ0v) is 12.7. The van der Waals surface area contributed by atoms with Crippen LogP contribution in [0.1, 0.15) is 43.8 Å². The van der Waals surface area contributed by atoms with Crippen LogP contribution in [0.25, 0.3) is 0 Å². The first kappa shape index (κ1) is 15.5. The molecule has 1 atom stereocenters. The maximum Gasteiger partial charge on any atom is 0.0928 e. The Morgan fingerprint density at radius 1 is 1.35 bits per heavy atom. The van der Waals surface area contributed by atoms with E-state index in [2.05, 4.69) is 27.4 Å². The summed E-state index contributed by atoms with van der Waals surface area (Å²) in [6, 6.07) is 2.72. The molecule has 0 aromatic carbocycles. The zero-order chi connectivity index (χ0) is 14.2. The summed E-state index contributed by atoms with van der Waals surface area (Å²) in [5.41, 5.74) is 1.10. The van der Waals surface area contributed by atoms with Crippen molar-refractivity contribution in [2.45, 2.75) is 50.8 Å². The van der Waals surface area contributed by atoms with Gasteiger partial charge < -0.3 is 14.8 Å². The van der Waals surface area contributed by atoms with Gasteiger partial charge in [0.1, 0.15) is 0 Å². The molecule has 0 bridgehead atoms. The monoisotopic (exact) mass is 281 g/mol. The standard InChI is InChI=1S/C15H27N3O2/c1-19-12-15(20-2)11-16-10-13-8-9-18(17-13)14-6-4-3-5-7-14/h8-9,14-16H,3-7,10-12H2,1-2H3. The molecule has 1 fully saturated rings. The lowest BCUT2D eigenvalue weighted by atomic mass is 9.96. The molecule has 1 saturated carbocycles. The normalized spacial score (nSPS) is 18.3. The smallest absolute Gasteiger partial charge is 0.0928 e. The van der Waals surface area contributed by atoms with Crippen molar-refractivity contribution >= 4 is 0 Å². The fourth-order valence-electron chi connectivity index (χ4n) is 2.78. The maximum absolute atomic E-state index is 5.32. The molecular formula is C15H27N3O2. The molecule has 114 valence electrons. The molecule has 5 heteroatoms. The number of rotatable bonds is 8. The number of hydrogen-bond acceptors (Lipinski definition) is 4. The Labute approximate surface area is 121 Å². The Balaban J connectivity index is 1.74. The van der Waals surface area contributed by atoms with E-state index in [1.54, 1.807) is 14.2 Å². The number of hydrogen-bond donors (Lipinski definition) is 1. The molecular weight excluding hydrogens is 254 g/mol. The molecule has 1 unspecified atom stereocenters. The van der Waals surface area contributed by atoms with Crippen molar-refractivity contribution in [3.63, 3.8) is 0 Å². The van der Waals surface area contributed by atoms with Gasteiger partial charge in [-0.1, -0.05) is 19.3 Å². The highest BCUT2D eigenvalue weighted by Gasteiger charge is 2.16. The lowest BCUT2D eigenvalue weighted by Crippen LogP contribution is -2.31. The van der Waals surface area contributed by atoms with Crippen molar-refractivity contribution < 1.29 is 9.47 Å². The Bertz CT molecular complexity index is 375. The number of ether oxygens (including phenoxy) is 2. The van der Waals surface area contributed by atoms with Crippen LogP contribution < -0.4 is 5.32 Å². The van der Waals surface area contributed by atoms with Gasteiger partial charge in [0.15, 0.2) is 0 Å². The number of aromatic nitrogens is 2. The maximum atomic E-state index is 5.32. The summed E-state index contributed by atoms with van der Waals surface area (Å²) >= 11 is 0. The van der Waals surface area contributed by atoms with Crippen LogP contribution in [0.15, 0.2) is 12.3 Å². The molecule has 0 saturated heterocycles. The first-order valence-corrected chi connectivity index (χ1v) is 7.60. The van der Waals surface area contributed by atoms with E-state index in [1.165, 1.54) is 32.1 Å². The molecule has 1 heterocycles. The largest absolute Gasteiger partial charge is 0.382 e. The molecule has 0 aliphatic heterocycles. The van der Waals surface area contributed by atoms with Gasteiger partial charge in [0.25, 0.3) is 0 Å². The van der Waals surface area contributed by atoms with E-state index >= 15 is 0 Å². The van der Waals surface area contributed by atoms with Crippen molar-refractivity contribution in [2.24, 2.45) is 0 Å². The molecule has 2 rings (SSSR count). The SMILES string of the molecule is COCC(CNCc1ccn(C2CCCCC2)n1)OC. The third-order valence-corrected chi connectivity index (χ3v) is 3.98. The van der Waals surface area contributed by atoms with Crippen molar-refractivity contribution in [3.05, 3.63) is 18.0 Å². The summed E-state index contributed by atoms with van der Waals surface area (Å²) in [6.45, 7) is 2.17. The summed E-state index contributed by atoms with van der Waals surface area (Å²) in [7, 11) is 3.40. The average Bonchev–Trinajstić information content (AvgIpc) is 2.96. The summed E-state index contributed by atoms with van der Waals surface area (Å²) in [5, 5.41) is 8.06. The van der Waals surface area contributed by atoms with Crippen LogP contribution in [0.2, 0.25) is 0 Å². The van der Waals surface area contributed by atoms with Gasteiger partial charge in [-0.05, 0) is 18.9 Å². The van der Waals surface area contributed by atoms with Crippen molar-refractivity contribution in [2.75, 3.05) is 27.4 Å². The average molecular weight is 281 g/mol. The van der Waals surface area contributed by atoms with E-state index in [0.717, 1.165) is 18.8 Å². The highest BCUT2D eigenvalue weighted by molar-refractivity contribution is 4.99. The van der Waals surface area contributed by atoms with E-state index in [1.807, 2.05) is 0 Å². The molecule has 0 radical (unpaired) electrons. The van der Waals surface area contributed by atoms with Gasteiger partial charge in [0.05, 0.1) is 24.4 Å². The molecule has 1 aliphatic carbocycles. The lowest BCUT2D eigenvalue weighted by Gasteiger charge is -2.21. The highest BCUT2D eigenvalue weighted by atomic mass is 16.5. The van der Waals surface area contributed by atoms with Crippen molar-refractivity contribution in [3.8, 4) is 0 Å². The second kappa shape index (κ2) is 8.39. The Morgan fingerprint density at radius 2 is 2.15 bits per heavy atom. The van der Waals surface area contributed by atoms with Crippen LogP contribution in [-0.2, 0) is 16.0 Å². The van der Waals surface area contributed by atoms with Crippen LogP contribution >= 0.6 is 0 Å². The van der Waals surface area contributed by atoms with Crippen molar-refractivity contribution in [1.82, 2.24) is 15.1 Å². The van der Waals surface area contributed by atoms with Crippen LogP contribution in [-0.4, -0.2) is 43.3 Å². The Kier molecular flexibility index (Phi) is 6.50. The first-order valence-electron chi connectivity index (χ1n) is 7.60. The van der Waals surface area contributed by atoms with Crippen LogP contribution in [0, 0.1) is 0 Å². The van der Waals surface area contributed by atoms with Gasteiger partial charge >= 0.3 is 0 Å². The van der Waals surface area contributed by atoms with Gasteiger partial charge in [-0.2, -0.15) is 5.10 Å². The fraction of sp³-hybridized carbons (Fsp3) is 0.800. The van der Waals surface area contributed by atoms with E-state index in [9.17, 15) is 0 Å². The molecule has 1 N–H and O–H groups in total. The summed E-state index contributed by atoms with van der Waals surface area (Å²) in [6.07, 6.45) is 8.82. The molecule has 1 aromatic rings. The number of nitrogens with one attached hydrogen (secondary N) is 1. The van der Waals surface area contributed by atoms with Gasteiger partial charge in [-0.3, -0.25) is 4.68 Å². The van der Waals surface area contributed by atoms with Crippen LogP contribution in [0.5, 0.6) is 0 Å². The van der Waals surface area contributed by atoms with Gasteiger partial charge in [-0.15, -0.1) is 0 Å². The number of methoxy groups -OCH3 is 2. The topological polar surface area (TPSA) is 48.3 Å². The molecule has 1 aliphatic rings.